The summed E-state index contributed by atoms with van der Waals surface area (Å²) in [5.41, 5.74) is -0.135. The Bertz CT molecular complexity index is 633. The number of carbonyl (C=O) groups is 2. The van der Waals surface area contributed by atoms with Gasteiger partial charge in [0.05, 0.1) is 0 Å². The summed E-state index contributed by atoms with van der Waals surface area (Å²) in [5.74, 6) is -0.668. The van der Waals surface area contributed by atoms with Crippen molar-refractivity contribution in [2.75, 3.05) is 0 Å². The third kappa shape index (κ3) is 8.83. The van der Waals surface area contributed by atoms with Crippen molar-refractivity contribution in [3.63, 3.8) is 0 Å². The lowest BCUT2D eigenvalue weighted by atomic mass is 10.0. The van der Waals surface area contributed by atoms with Crippen LogP contribution in [0.25, 0.3) is 0 Å². The molecule has 0 aliphatic rings. The van der Waals surface area contributed by atoms with Gasteiger partial charge >= 0.3 is 12.1 Å². The topological polar surface area (TPSA) is 64.6 Å². The Morgan fingerprint density at radius 3 is 2.20 bits per heavy atom. The molecular weight excluding hydrogens is 454 g/mol. The second-order valence-corrected chi connectivity index (χ2v) is 9.54. The van der Waals surface area contributed by atoms with E-state index in [4.69, 9.17) is 9.47 Å². The number of carbonyl (C=O) groups excluding carboxylic acids is 2. The van der Waals surface area contributed by atoms with Gasteiger partial charge in [0.1, 0.15) is 11.6 Å². The number of nitrogens with one attached hydrogen (secondary N) is 1. The van der Waals surface area contributed by atoms with Crippen LogP contribution in [0.3, 0.4) is 0 Å². The zero-order valence-electron chi connectivity index (χ0n) is 15.4. The molecule has 0 saturated carbocycles. The summed E-state index contributed by atoms with van der Waals surface area (Å²) in [6.07, 6.45) is -0.625. The average molecular weight is 479 g/mol. The Morgan fingerprint density at radius 2 is 1.72 bits per heavy atom. The quantitative estimate of drug-likeness (QED) is 0.487. The van der Waals surface area contributed by atoms with Crippen molar-refractivity contribution in [3.8, 4) is 0 Å². The molecule has 0 unspecified atom stereocenters. The molecule has 0 bridgehead atoms. The molecule has 5 nitrogen and oxygen atoms in total. The second kappa shape index (κ2) is 8.64. The largest absolute Gasteiger partial charge is 0.516 e. The van der Waals surface area contributed by atoms with Crippen LogP contribution in [0.15, 0.2) is 27.1 Å². The summed E-state index contributed by atoms with van der Waals surface area (Å²) in [6.45, 7) is 11.0. The maximum Gasteiger partial charge on any atom is 0.516 e. The SMILES string of the molecule is CC(C)(C)N[C@@H](Cc1ccc(Br)cc1Br)C(=O)OC(=O)OC(C)(C)C. The van der Waals surface area contributed by atoms with Crippen molar-refractivity contribution in [3.05, 3.63) is 32.7 Å². The van der Waals surface area contributed by atoms with E-state index in [0.29, 0.717) is 6.42 Å². The van der Waals surface area contributed by atoms with Crippen molar-refractivity contribution in [2.45, 2.75) is 65.1 Å². The predicted molar refractivity (Wildman–Crippen MR) is 105 cm³/mol. The highest BCUT2D eigenvalue weighted by atomic mass is 79.9. The molecule has 25 heavy (non-hydrogen) atoms. The number of ether oxygens (including phenoxy) is 2. The van der Waals surface area contributed by atoms with Crippen molar-refractivity contribution >= 4 is 44.0 Å². The summed E-state index contributed by atoms with van der Waals surface area (Å²) in [7, 11) is 0. The standard InChI is InChI=1S/C18H25Br2NO4/c1-17(2,3)21-14(9-11-7-8-12(19)10-13(11)20)15(22)24-16(23)25-18(4,5)6/h7-8,10,14,21H,9H2,1-6H3/t14-/m0/s1. The van der Waals surface area contributed by atoms with Crippen LogP contribution in [-0.2, 0) is 20.7 Å². The number of rotatable bonds is 4. The molecule has 0 aliphatic carbocycles. The van der Waals surface area contributed by atoms with Crippen LogP contribution in [0.1, 0.15) is 47.1 Å². The molecule has 1 aromatic carbocycles. The fourth-order valence-corrected chi connectivity index (χ4v) is 3.26. The molecule has 0 saturated heterocycles. The monoisotopic (exact) mass is 477 g/mol. The van der Waals surface area contributed by atoms with Gasteiger partial charge in [0.25, 0.3) is 0 Å². The molecule has 0 amide bonds. The Hall–Kier alpha value is -0.920. The minimum atomic E-state index is -0.993. The number of hydrogen-bond donors (Lipinski definition) is 1. The summed E-state index contributed by atoms with van der Waals surface area (Å²) >= 11 is 6.90. The van der Waals surface area contributed by atoms with Crippen molar-refractivity contribution in [2.24, 2.45) is 0 Å². The number of hydrogen-bond acceptors (Lipinski definition) is 5. The molecule has 1 N–H and O–H groups in total. The number of esters is 1. The number of benzene rings is 1. The van der Waals surface area contributed by atoms with E-state index < -0.39 is 23.8 Å². The lowest BCUT2D eigenvalue weighted by molar-refractivity contribution is -0.144. The van der Waals surface area contributed by atoms with E-state index in [2.05, 4.69) is 37.2 Å². The summed E-state index contributed by atoms with van der Waals surface area (Å²) < 4.78 is 11.7. The van der Waals surface area contributed by atoms with Crippen LogP contribution in [0.4, 0.5) is 4.79 Å². The Kier molecular flexibility index (Phi) is 7.65. The first-order chi connectivity index (χ1) is 11.3. The van der Waals surface area contributed by atoms with Gasteiger partial charge in [-0.1, -0.05) is 37.9 Å². The Morgan fingerprint density at radius 1 is 1.12 bits per heavy atom. The van der Waals surface area contributed by atoms with Gasteiger partial charge in [-0.2, -0.15) is 0 Å². The predicted octanol–water partition coefficient (Wildman–Crippen LogP) is 4.99. The molecule has 1 atom stereocenters. The maximum absolute atomic E-state index is 12.5. The van der Waals surface area contributed by atoms with E-state index in [9.17, 15) is 9.59 Å². The third-order valence-corrected chi connectivity index (χ3v) is 4.14. The lowest BCUT2D eigenvalue weighted by Gasteiger charge is -2.27. The normalized spacial score (nSPS) is 13.3. The van der Waals surface area contributed by atoms with E-state index in [0.717, 1.165) is 14.5 Å². The molecular formula is C18H25Br2NO4. The molecule has 7 heteroatoms. The summed E-state index contributed by atoms with van der Waals surface area (Å²) in [4.78, 5) is 24.3. The molecule has 0 fully saturated rings. The highest BCUT2D eigenvalue weighted by Crippen LogP contribution is 2.24. The molecule has 0 aromatic heterocycles. The summed E-state index contributed by atoms with van der Waals surface area (Å²) in [5, 5.41) is 3.20. The minimum Gasteiger partial charge on any atom is -0.428 e. The van der Waals surface area contributed by atoms with E-state index in [1.54, 1.807) is 20.8 Å². The van der Waals surface area contributed by atoms with Crippen molar-refractivity contribution in [1.82, 2.24) is 5.32 Å². The van der Waals surface area contributed by atoms with E-state index in [-0.39, 0.29) is 5.54 Å². The summed E-state index contributed by atoms with van der Waals surface area (Å²) in [6, 6.07) is 5.02. The fourth-order valence-electron chi connectivity index (χ4n) is 2.05. The second-order valence-electron chi connectivity index (χ2n) is 7.77. The molecule has 0 radical (unpaired) electrons. The van der Waals surface area contributed by atoms with E-state index >= 15 is 0 Å². The molecule has 1 rings (SSSR count). The van der Waals surface area contributed by atoms with E-state index in [1.165, 1.54) is 0 Å². The first-order valence-corrected chi connectivity index (χ1v) is 9.52. The minimum absolute atomic E-state index is 0.334. The van der Waals surface area contributed by atoms with Gasteiger partial charge in [-0.15, -0.1) is 0 Å². The number of halogens is 2. The molecule has 0 spiro atoms. The highest BCUT2D eigenvalue weighted by molar-refractivity contribution is 9.11. The smallest absolute Gasteiger partial charge is 0.428 e. The Balaban J connectivity index is 2.92. The van der Waals surface area contributed by atoms with Crippen LogP contribution in [-0.4, -0.2) is 29.3 Å². The van der Waals surface area contributed by atoms with Crippen LogP contribution in [0.5, 0.6) is 0 Å². The first-order valence-electron chi connectivity index (χ1n) is 7.93. The van der Waals surface area contributed by atoms with Crippen LogP contribution >= 0.6 is 31.9 Å². The zero-order chi connectivity index (χ0) is 19.4. The molecule has 1 aromatic rings. The van der Waals surface area contributed by atoms with Crippen LogP contribution < -0.4 is 5.32 Å². The fraction of sp³-hybridized carbons (Fsp3) is 0.556. The van der Waals surface area contributed by atoms with Gasteiger partial charge < -0.3 is 9.47 Å². The van der Waals surface area contributed by atoms with Gasteiger partial charge in [-0.05, 0) is 65.7 Å². The molecule has 140 valence electrons. The van der Waals surface area contributed by atoms with Crippen molar-refractivity contribution in [1.29, 1.82) is 0 Å². The van der Waals surface area contributed by atoms with Crippen molar-refractivity contribution < 1.29 is 19.1 Å². The molecule has 0 heterocycles. The zero-order valence-corrected chi connectivity index (χ0v) is 18.6. The Labute approximate surface area is 166 Å². The molecule has 0 aliphatic heterocycles. The van der Waals surface area contributed by atoms with Gasteiger partial charge in [-0.3, -0.25) is 5.32 Å². The lowest BCUT2D eigenvalue weighted by Crippen LogP contribution is -2.50. The van der Waals surface area contributed by atoms with Crippen LogP contribution in [0, 0.1) is 0 Å². The van der Waals surface area contributed by atoms with Crippen LogP contribution in [0.2, 0.25) is 0 Å². The van der Waals surface area contributed by atoms with Gasteiger partial charge in [0, 0.05) is 14.5 Å². The first kappa shape index (κ1) is 22.1. The van der Waals surface area contributed by atoms with Gasteiger partial charge in [0.15, 0.2) is 0 Å². The van der Waals surface area contributed by atoms with E-state index in [1.807, 2.05) is 39.0 Å². The van der Waals surface area contributed by atoms with Gasteiger partial charge in [0.2, 0.25) is 0 Å². The third-order valence-electron chi connectivity index (χ3n) is 2.90. The maximum atomic E-state index is 12.5. The average Bonchev–Trinajstić information content (AvgIpc) is 2.37. The highest BCUT2D eigenvalue weighted by Gasteiger charge is 2.29. The van der Waals surface area contributed by atoms with Gasteiger partial charge in [-0.25, -0.2) is 9.59 Å².